The Bertz CT molecular complexity index is 576. The number of halogens is 1. The number of hydrogen-bond acceptors (Lipinski definition) is 5. The minimum absolute atomic E-state index is 0.0490. The van der Waals surface area contributed by atoms with Gasteiger partial charge in [0.15, 0.2) is 0 Å². The third kappa shape index (κ3) is 5.65. The second kappa shape index (κ2) is 10.5. The van der Waals surface area contributed by atoms with Gasteiger partial charge in [-0.3, -0.25) is 10.1 Å². The first-order valence-corrected chi connectivity index (χ1v) is 7.42. The molecule has 0 saturated carbocycles. The van der Waals surface area contributed by atoms with Crippen molar-refractivity contribution < 1.29 is 4.92 Å². The van der Waals surface area contributed by atoms with Gasteiger partial charge >= 0.3 is 0 Å². The van der Waals surface area contributed by atoms with E-state index in [2.05, 4.69) is 9.97 Å². The molecule has 0 saturated heterocycles. The van der Waals surface area contributed by atoms with Crippen molar-refractivity contribution in [1.82, 2.24) is 9.97 Å². The van der Waals surface area contributed by atoms with Crippen molar-refractivity contribution in [1.29, 1.82) is 0 Å². The molecule has 2 rings (SSSR count). The highest BCUT2D eigenvalue weighted by molar-refractivity contribution is 6.28. The maximum atomic E-state index is 10.6. The van der Waals surface area contributed by atoms with Crippen molar-refractivity contribution in [3.05, 3.63) is 51.9 Å². The highest BCUT2D eigenvalue weighted by atomic mass is 35.5. The van der Waals surface area contributed by atoms with Crippen LogP contribution in [0.1, 0.15) is 27.7 Å². The lowest BCUT2D eigenvalue weighted by Gasteiger charge is -2.17. The molecule has 0 radical (unpaired) electrons. The topological polar surface area (TPSA) is 72.2 Å². The lowest BCUT2D eigenvalue weighted by Crippen LogP contribution is -2.11. The zero-order valence-corrected chi connectivity index (χ0v) is 14.2. The smallest absolute Gasteiger partial charge is 0.269 e. The minimum atomic E-state index is -0.439. The van der Waals surface area contributed by atoms with E-state index in [9.17, 15) is 10.1 Å². The summed E-state index contributed by atoms with van der Waals surface area (Å²) in [6, 6.07) is 7.87. The van der Waals surface area contributed by atoms with Crippen LogP contribution in [0.2, 0.25) is 5.28 Å². The largest absolute Gasteiger partial charge is 0.329 e. The van der Waals surface area contributed by atoms with Gasteiger partial charge < -0.3 is 4.90 Å². The number of nitro groups is 1. The average molecular weight is 325 g/mol. The molecule has 0 amide bonds. The molecule has 120 valence electrons. The summed E-state index contributed by atoms with van der Waals surface area (Å²) in [5.41, 5.74) is 0.822. The van der Waals surface area contributed by atoms with Crippen LogP contribution in [0.4, 0.5) is 17.2 Å². The molecule has 0 unspecified atom stereocenters. The van der Waals surface area contributed by atoms with E-state index in [4.69, 9.17) is 11.6 Å². The SMILES string of the molecule is CC.CC.CN(c1ccc([N+](=O)[O-])cc1)c1ccnc(Cl)n1. The van der Waals surface area contributed by atoms with Gasteiger partial charge in [0.25, 0.3) is 5.69 Å². The van der Waals surface area contributed by atoms with Gasteiger partial charge in [-0.25, -0.2) is 9.97 Å². The number of nitro benzene ring substituents is 1. The van der Waals surface area contributed by atoms with Crippen LogP contribution in [0.3, 0.4) is 0 Å². The van der Waals surface area contributed by atoms with Gasteiger partial charge in [-0.1, -0.05) is 27.7 Å². The summed E-state index contributed by atoms with van der Waals surface area (Å²) >= 11 is 5.70. The first-order chi connectivity index (χ1) is 10.6. The van der Waals surface area contributed by atoms with Crippen molar-refractivity contribution in [2.45, 2.75) is 27.7 Å². The summed E-state index contributed by atoms with van der Waals surface area (Å²) in [6.07, 6.45) is 1.55. The average Bonchev–Trinajstić information content (AvgIpc) is 2.58. The van der Waals surface area contributed by atoms with Crippen molar-refractivity contribution >= 4 is 28.8 Å². The van der Waals surface area contributed by atoms with Crippen molar-refractivity contribution in [2.75, 3.05) is 11.9 Å². The first-order valence-electron chi connectivity index (χ1n) is 7.04. The van der Waals surface area contributed by atoms with Crippen LogP contribution in [0.25, 0.3) is 0 Å². The Labute approximate surface area is 135 Å². The van der Waals surface area contributed by atoms with Gasteiger partial charge in [0, 0.05) is 31.1 Å². The molecule has 0 aliphatic heterocycles. The molecule has 0 aliphatic rings. The fraction of sp³-hybridized carbons (Fsp3) is 0.333. The molecule has 0 N–H and O–H groups in total. The molecule has 0 fully saturated rings. The number of anilines is 2. The normalized spacial score (nSPS) is 8.82. The van der Waals surface area contributed by atoms with Crippen LogP contribution in [0, 0.1) is 10.1 Å². The summed E-state index contributed by atoms with van der Waals surface area (Å²) in [6.45, 7) is 8.00. The molecule has 0 aliphatic carbocycles. The van der Waals surface area contributed by atoms with E-state index in [-0.39, 0.29) is 11.0 Å². The number of rotatable bonds is 3. The molecule has 1 aromatic heterocycles. The molecule has 0 spiro atoms. The summed E-state index contributed by atoms with van der Waals surface area (Å²) < 4.78 is 0. The third-order valence-corrected chi connectivity index (χ3v) is 2.59. The molecule has 1 aromatic carbocycles. The maximum Gasteiger partial charge on any atom is 0.269 e. The quantitative estimate of drug-likeness (QED) is 0.458. The van der Waals surface area contributed by atoms with E-state index in [1.54, 1.807) is 36.3 Å². The Balaban J connectivity index is 0.00000102. The van der Waals surface area contributed by atoms with Crippen LogP contribution < -0.4 is 4.90 Å². The fourth-order valence-electron chi connectivity index (χ4n) is 1.44. The van der Waals surface area contributed by atoms with E-state index in [0.717, 1.165) is 5.69 Å². The summed E-state index contributed by atoms with van der Waals surface area (Å²) in [4.78, 5) is 19.7. The third-order valence-electron chi connectivity index (χ3n) is 2.40. The molecule has 7 heteroatoms. The molecule has 0 atom stereocenters. The van der Waals surface area contributed by atoms with Crippen LogP contribution in [-0.4, -0.2) is 21.9 Å². The van der Waals surface area contributed by atoms with Gasteiger partial charge in [0.2, 0.25) is 5.28 Å². The predicted molar refractivity (Wildman–Crippen MR) is 90.9 cm³/mol. The van der Waals surface area contributed by atoms with Gasteiger partial charge in [-0.15, -0.1) is 0 Å². The number of benzene rings is 1. The van der Waals surface area contributed by atoms with E-state index in [1.165, 1.54) is 12.1 Å². The van der Waals surface area contributed by atoms with E-state index < -0.39 is 4.92 Å². The number of non-ortho nitro benzene ring substituents is 1. The number of hydrogen-bond donors (Lipinski definition) is 0. The lowest BCUT2D eigenvalue weighted by molar-refractivity contribution is -0.384. The number of aromatic nitrogens is 2. The highest BCUT2D eigenvalue weighted by Gasteiger charge is 2.09. The Morgan fingerprint density at radius 3 is 2.09 bits per heavy atom. The fourth-order valence-corrected chi connectivity index (χ4v) is 1.59. The van der Waals surface area contributed by atoms with Crippen LogP contribution in [0.15, 0.2) is 36.5 Å². The standard InChI is InChI=1S/C11H9ClN4O2.2C2H6/c1-15(10-6-7-13-11(12)14-10)8-2-4-9(5-3-8)16(17)18;2*1-2/h2-7H,1H3;2*1-2H3. The second-order valence-electron chi connectivity index (χ2n) is 3.52. The number of nitrogens with zero attached hydrogens (tertiary/aromatic N) is 4. The highest BCUT2D eigenvalue weighted by Crippen LogP contribution is 2.24. The Kier molecular flexibility index (Phi) is 9.45. The van der Waals surface area contributed by atoms with Crippen LogP contribution >= 0.6 is 11.6 Å². The van der Waals surface area contributed by atoms with Crippen molar-refractivity contribution in [2.24, 2.45) is 0 Å². The predicted octanol–water partition coefficient (Wildman–Crippen LogP) is 4.86. The van der Waals surface area contributed by atoms with E-state index >= 15 is 0 Å². The van der Waals surface area contributed by atoms with Crippen molar-refractivity contribution in [3.8, 4) is 0 Å². The molecule has 22 heavy (non-hydrogen) atoms. The Morgan fingerprint density at radius 2 is 1.64 bits per heavy atom. The molecule has 6 nitrogen and oxygen atoms in total. The second-order valence-corrected chi connectivity index (χ2v) is 3.85. The van der Waals surface area contributed by atoms with Crippen LogP contribution in [0.5, 0.6) is 0 Å². The van der Waals surface area contributed by atoms with E-state index in [0.29, 0.717) is 5.82 Å². The lowest BCUT2D eigenvalue weighted by atomic mass is 10.2. The zero-order valence-electron chi connectivity index (χ0n) is 13.4. The van der Waals surface area contributed by atoms with Gasteiger partial charge in [0.1, 0.15) is 5.82 Å². The van der Waals surface area contributed by atoms with Gasteiger partial charge in [-0.05, 0) is 29.8 Å². The van der Waals surface area contributed by atoms with Crippen molar-refractivity contribution in [3.63, 3.8) is 0 Å². The minimum Gasteiger partial charge on any atom is -0.329 e. The Hall–Kier alpha value is -2.21. The summed E-state index contributed by atoms with van der Waals surface area (Å²) in [5.74, 6) is 0.615. The Morgan fingerprint density at radius 1 is 1.09 bits per heavy atom. The molecular formula is C15H21ClN4O2. The molecule has 2 aromatic rings. The summed E-state index contributed by atoms with van der Waals surface area (Å²) in [5, 5.41) is 10.7. The maximum absolute atomic E-state index is 10.6. The molecule has 0 bridgehead atoms. The molecular weight excluding hydrogens is 304 g/mol. The summed E-state index contributed by atoms with van der Waals surface area (Å²) in [7, 11) is 1.79. The monoisotopic (exact) mass is 324 g/mol. The van der Waals surface area contributed by atoms with Gasteiger partial charge in [0.05, 0.1) is 4.92 Å². The van der Waals surface area contributed by atoms with E-state index in [1.807, 2.05) is 27.7 Å². The van der Waals surface area contributed by atoms with Gasteiger partial charge in [-0.2, -0.15) is 0 Å². The first kappa shape index (κ1) is 19.8. The van der Waals surface area contributed by atoms with Crippen LogP contribution in [-0.2, 0) is 0 Å². The molecule has 1 heterocycles. The zero-order chi connectivity index (χ0) is 17.1.